The first-order chi connectivity index (χ1) is 20.2. The molecule has 1 unspecified atom stereocenters. The topological polar surface area (TPSA) is 134 Å². The molecule has 3 aromatic rings. The maximum absolute atomic E-state index is 13.0. The number of carbonyl (C=O) groups excluding carboxylic acids is 2. The van der Waals surface area contributed by atoms with Crippen LogP contribution in [0, 0.1) is 12.3 Å². The standard InChI is InChI=1S/C31H39N3O7S/c1-20-5-7-22(8-6-20)28-27(29(36)32-2)24-17-23(21-9-10-21)25(33-30(24)41-28)19-34(42(37)38)14-4-11-31(18-26(35)39-3)12-15-40-16-13-31/h5-8,17,21H,4,9-16,18-19H2,1-3H3,(H,32,36)(H,37,38)/p-1. The van der Waals surface area contributed by atoms with Gasteiger partial charge in [-0.3, -0.25) is 13.8 Å². The van der Waals surface area contributed by atoms with Crippen molar-refractivity contribution in [1.82, 2.24) is 14.6 Å². The summed E-state index contributed by atoms with van der Waals surface area (Å²) in [4.78, 5) is 30.0. The van der Waals surface area contributed by atoms with E-state index in [0.717, 1.165) is 42.4 Å². The highest BCUT2D eigenvalue weighted by Gasteiger charge is 2.35. The van der Waals surface area contributed by atoms with Crippen LogP contribution in [0.15, 0.2) is 34.7 Å². The van der Waals surface area contributed by atoms with E-state index in [9.17, 15) is 18.4 Å². The third kappa shape index (κ3) is 6.75. The van der Waals surface area contributed by atoms with Crippen LogP contribution in [0.25, 0.3) is 22.4 Å². The van der Waals surface area contributed by atoms with Gasteiger partial charge in [-0.15, -0.1) is 0 Å². The molecule has 2 aromatic heterocycles. The molecule has 1 aliphatic heterocycles. The van der Waals surface area contributed by atoms with Crippen molar-refractivity contribution in [2.75, 3.05) is 33.9 Å². The van der Waals surface area contributed by atoms with Crippen molar-refractivity contribution in [3.8, 4) is 11.3 Å². The quantitative estimate of drug-likeness (QED) is 0.233. The average Bonchev–Trinajstić information content (AvgIpc) is 3.77. The van der Waals surface area contributed by atoms with Crippen molar-refractivity contribution in [3.05, 3.63) is 52.7 Å². The van der Waals surface area contributed by atoms with Crippen molar-refractivity contribution in [3.63, 3.8) is 0 Å². The molecule has 1 N–H and O–H groups in total. The minimum atomic E-state index is -2.48. The van der Waals surface area contributed by atoms with Gasteiger partial charge in [0, 0.05) is 43.6 Å². The second-order valence-corrected chi connectivity index (χ2v) is 12.4. The van der Waals surface area contributed by atoms with Crippen LogP contribution in [0.2, 0.25) is 0 Å². The monoisotopic (exact) mass is 596 g/mol. The van der Waals surface area contributed by atoms with E-state index < -0.39 is 11.3 Å². The summed E-state index contributed by atoms with van der Waals surface area (Å²) in [5, 5.41) is 3.34. The van der Waals surface area contributed by atoms with Crippen LogP contribution in [-0.4, -0.2) is 63.8 Å². The lowest BCUT2D eigenvalue weighted by Crippen LogP contribution is -2.34. The Morgan fingerprint density at radius 3 is 2.55 bits per heavy atom. The molecule has 2 fully saturated rings. The van der Waals surface area contributed by atoms with Crippen LogP contribution in [0.4, 0.5) is 0 Å². The van der Waals surface area contributed by atoms with Crippen molar-refractivity contribution in [2.45, 2.75) is 64.3 Å². The number of esters is 1. The fourth-order valence-electron chi connectivity index (χ4n) is 5.91. The number of benzene rings is 1. The molecular weight excluding hydrogens is 558 g/mol. The maximum atomic E-state index is 13.0. The zero-order valence-corrected chi connectivity index (χ0v) is 25.2. The highest BCUT2D eigenvalue weighted by molar-refractivity contribution is 7.76. The first-order valence-corrected chi connectivity index (χ1v) is 15.5. The molecule has 0 radical (unpaired) electrons. The van der Waals surface area contributed by atoms with Gasteiger partial charge in [0.25, 0.3) is 5.91 Å². The molecule has 1 amide bonds. The third-order valence-corrected chi connectivity index (χ3v) is 9.27. The lowest BCUT2D eigenvalue weighted by molar-refractivity contribution is -0.145. The van der Waals surface area contributed by atoms with Gasteiger partial charge in [0.15, 0.2) is 0 Å². The molecule has 1 atom stereocenters. The Bertz CT molecular complexity index is 1460. The normalized spacial score (nSPS) is 17.4. The van der Waals surface area contributed by atoms with E-state index in [1.54, 1.807) is 7.05 Å². The predicted octanol–water partition coefficient (Wildman–Crippen LogP) is 4.78. The number of amides is 1. The smallest absolute Gasteiger partial charge is 0.306 e. The van der Waals surface area contributed by atoms with E-state index in [1.165, 1.54) is 11.4 Å². The molecule has 5 rings (SSSR count). The summed E-state index contributed by atoms with van der Waals surface area (Å²) in [6.07, 6.45) is 5.02. The largest absolute Gasteiger partial charge is 0.760 e. The van der Waals surface area contributed by atoms with Crippen molar-refractivity contribution in [2.24, 2.45) is 5.41 Å². The number of aryl methyl sites for hydroxylation is 1. The van der Waals surface area contributed by atoms with Gasteiger partial charge in [0.1, 0.15) is 5.76 Å². The summed E-state index contributed by atoms with van der Waals surface area (Å²) in [6.45, 7) is 3.54. The molecule has 10 nitrogen and oxygen atoms in total. The zero-order valence-electron chi connectivity index (χ0n) is 24.4. The minimum absolute atomic E-state index is 0.0981. The molecule has 1 saturated carbocycles. The van der Waals surface area contributed by atoms with Crippen molar-refractivity contribution < 1.29 is 32.2 Å². The van der Waals surface area contributed by atoms with Crippen LogP contribution >= 0.6 is 0 Å². The molecule has 226 valence electrons. The van der Waals surface area contributed by atoms with Gasteiger partial charge < -0.3 is 23.8 Å². The molecule has 1 aromatic carbocycles. The van der Waals surface area contributed by atoms with E-state index in [4.69, 9.17) is 18.9 Å². The number of methoxy groups -OCH3 is 1. The minimum Gasteiger partial charge on any atom is -0.760 e. The highest BCUT2D eigenvalue weighted by atomic mass is 32.2. The number of rotatable bonds is 12. The lowest BCUT2D eigenvalue weighted by Gasteiger charge is -2.37. The Morgan fingerprint density at radius 1 is 1.21 bits per heavy atom. The Morgan fingerprint density at radius 2 is 1.93 bits per heavy atom. The van der Waals surface area contributed by atoms with Crippen LogP contribution in [-0.2, 0) is 32.1 Å². The molecule has 42 heavy (non-hydrogen) atoms. The van der Waals surface area contributed by atoms with Crippen LogP contribution in [0.5, 0.6) is 0 Å². The molecule has 2 aliphatic rings. The van der Waals surface area contributed by atoms with E-state index in [2.05, 4.69) is 5.32 Å². The van der Waals surface area contributed by atoms with Gasteiger partial charge in [0.2, 0.25) is 5.71 Å². The number of ether oxygens (including phenoxy) is 2. The van der Waals surface area contributed by atoms with Crippen LogP contribution in [0.1, 0.15) is 78.0 Å². The molecule has 11 heteroatoms. The number of carbonyl (C=O) groups is 2. The zero-order chi connectivity index (χ0) is 29.9. The summed E-state index contributed by atoms with van der Waals surface area (Å²) in [5.41, 5.74) is 3.92. The molecule has 0 bridgehead atoms. The molecule has 1 aliphatic carbocycles. The second-order valence-electron chi connectivity index (χ2n) is 11.5. The summed E-state index contributed by atoms with van der Waals surface area (Å²) in [6, 6.07) is 9.70. The Hall–Kier alpha value is -3.12. The van der Waals surface area contributed by atoms with Gasteiger partial charge in [-0.05, 0) is 68.4 Å². The molecule has 3 heterocycles. The van der Waals surface area contributed by atoms with Gasteiger partial charge in [-0.2, -0.15) is 0 Å². The lowest BCUT2D eigenvalue weighted by atomic mass is 9.74. The van der Waals surface area contributed by atoms with E-state index in [-0.39, 0.29) is 29.8 Å². The van der Waals surface area contributed by atoms with Crippen LogP contribution < -0.4 is 5.32 Å². The first kappa shape index (κ1) is 30.3. The van der Waals surface area contributed by atoms with Crippen molar-refractivity contribution in [1.29, 1.82) is 0 Å². The Kier molecular flexibility index (Phi) is 9.41. The molecule has 0 spiro atoms. The second kappa shape index (κ2) is 13.0. The summed E-state index contributed by atoms with van der Waals surface area (Å²) >= 11 is -2.48. The van der Waals surface area contributed by atoms with Crippen molar-refractivity contribution >= 4 is 34.2 Å². The average molecular weight is 597 g/mol. The number of aromatic nitrogens is 1. The van der Waals surface area contributed by atoms with Gasteiger partial charge >= 0.3 is 5.97 Å². The van der Waals surface area contributed by atoms with Gasteiger partial charge in [0.05, 0.1) is 36.7 Å². The van der Waals surface area contributed by atoms with E-state index in [1.807, 2.05) is 37.3 Å². The molecule has 1 saturated heterocycles. The Balaban J connectivity index is 1.42. The summed E-state index contributed by atoms with van der Waals surface area (Å²) in [5.74, 6) is 0.177. The fraction of sp³-hybridized carbons (Fsp3) is 0.516. The first-order valence-electron chi connectivity index (χ1n) is 14.5. The third-order valence-electron chi connectivity index (χ3n) is 8.53. The van der Waals surface area contributed by atoms with E-state index >= 15 is 0 Å². The van der Waals surface area contributed by atoms with Crippen LogP contribution in [0.3, 0.4) is 0 Å². The number of furan rings is 1. The van der Waals surface area contributed by atoms with Gasteiger partial charge in [-0.1, -0.05) is 29.8 Å². The fourth-order valence-corrected chi connectivity index (χ4v) is 6.42. The number of hydrogen-bond acceptors (Lipinski definition) is 8. The number of nitrogens with one attached hydrogen (secondary N) is 1. The molecular formula is C31H38N3O7S-. The summed E-state index contributed by atoms with van der Waals surface area (Å²) < 4.78 is 42.8. The van der Waals surface area contributed by atoms with E-state index in [0.29, 0.717) is 67.1 Å². The predicted molar refractivity (Wildman–Crippen MR) is 157 cm³/mol. The number of nitrogens with zero attached hydrogens (tertiary/aromatic N) is 2. The number of hydrogen-bond donors (Lipinski definition) is 1. The SMILES string of the molecule is CNC(=O)c1c(-c2ccc(C)cc2)oc2nc(CN(CCCC3(CC(=O)OC)CCOCC3)S(=O)[O-])c(C3CC3)cc12. The Labute approximate surface area is 248 Å². The van der Waals surface area contributed by atoms with Gasteiger partial charge in [-0.25, -0.2) is 9.29 Å². The number of fused-ring (bicyclic) bond motifs is 1. The summed E-state index contributed by atoms with van der Waals surface area (Å²) in [7, 11) is 2.97. The highest BCUT2D eigenvalue weighted by Crippen LogP contribution is 2.44. The maximum Gasteiger partial charge on any atom is 0.306 e. The number of pyridine rings is 1.